The molecule has 0 aliphatic rings. The molecule has 0 aliphatic carbocycles. The number of benzene rings is 1. The van der Waals surface area contributed by atoms with Crippen molar-refractivity contribution in [3.05, 3.63) is 29.8 Å². The van der Waals surface area contributed by atoms with Crippen molar-refractivity contribution in [3.8, 4) is 11.8 Å². The van der Waals surface area contributed by atoms with E-state index >= 15 is 0 Å². The summed E-state index contributed by atoms with van der Waals surface area (Å²) in [7, 11) is 1.65. The summed E-state index contributed by atoms with van der Waals surface area (Å²) in [4.78, 5) is 0. The van der Waals surface area contributed by atoms with Crippen LogP contribution in [0.3, 0.4) is 0 Å². The van der Waals surface area contributed by atoms with E-state index in [-0.39, 0.29) is 0 Å². The van der Waals surface area contributed by atoms with Gasteiger partial charge in [-0.3, -0.25) is 0 Å². The number of nitrogens with zero attached hydrogens (tertiary/aromatic N) is 1. The second-order valence-electron chi connectivity index (χ2n) is 3.04. The standard InChI is InChI=1S/C11H13NO/c1-9(7-8-12)10-3-5-11(13-2)6-4-10/h3-6,9H,7H2,1-2H3. The summed E-state index contributed by atoms with van der Waals surface area (Å²) in [6.45, 7) is 2.05. The number of hydrogen-bond donors (Lipinski definition) is 0. The summed E-state index contributed by atoms with van der Waals surface area (Å²) in [6.07, 6.45) is 0.562. The molecule has 0 spiro atoms. The van der Waals surface area contributed by atoms with E-state index in [4.69, 9.17) is 10.00 Å². The van der Waals surface area contributed by atoms with Crippen molar-refractivity contribution in [1.82, 2.24) is 0 Å². The van der Waals surface area contributed by atoms with Crippen LogP contribution in [0.25, 0.3) is 0 Å². The topological polar surface area (TPSA) is 33.0 Å². The molecule has 13 heavy (non-hydrogen) atoms. The molecule has 0 amide bonds. The Morgan fingerprint density at radius 1 is 1.38 bits per heavy atom. The Morgan fingerprint density at radius 2 is 2.00 bits per heavy atom. The van der Waals surface area contributed by atoms with Gasteiger partial charge in [0.05, 0.1) is 13.2 Å². The SMILES string of the molecule is COc1ccc(C(C)CC#N)cc1. The Morgan fingerprint density at radius 3 is 2.46 bits per heavy atom. The highest BCUT2D eigenvalue weighted by Crippen LogP contribution is 2.20. The highest BCUT2D eigenvalue weighted by atomic mass is 16.5. The lowest BCUT2D eigenvalue weighted by Crippen LogP contribution is -1.91. The number of ether oxygens (including phenoxy) is 1. The summed E-state index contributed by atoms with van der Waals surface area (Å²) in [5, 5.41) is 8.52. The van der Waals surface area contributed by atoms with Crippen molar-refractivity contribution in [2.75, 3.05) is 7.11 Å². The van der Waals surface area contributed by atoms with Gasteiger partial charge >= 0.3 is 0 Å². The van der Waals surface area contributed by atoms with E-state index < -0.39 is 0 Å². The smallest absolute Gasteiger partial charge is 0.118 e. The molecule has 0 radical (unpaired) electrons. The average molecular weight is 175 g/mol. The molecule has 2 nitrogen and oxygen atoms in total. The Bertz CT molecular complexity index is 297. The second-order valence-corrected chi connectivity index (χ2v) is 3.04. The lowest BCUT2D eigenvalue weighted by Gasteiger charge is -2.07. The molecule has 0 fully saturated rings. The zero-order valence-corrected chi connectivity index (χ0v) is 7.95. The molecule has 0 N–H and O–H groups in total. The predicted octanol–water partition coefficient (Wildman–Crippen LogP) is 2.71. The van der Waals surface area contributed by atoms with E-state index in [1.165, 1.54) is 5.56 Å². The highest BCUT2D eigenvalue weighted by Gasteiger charge is 2.03. The molecular weight excluding hydrogens is 162 g/mol. The van der Waals surface area contributed by atoms with Crippen LogP contribution in [0.2, 0.25) is 0 Å². The second kappa shape index (κ2) is 4.51. The van der Waals surface area contributed by atoms with Gasteiger partial charge in [-0.25, -0.2) is 0 Å². The van der Waals surface area contributed by atoms with Gasteiger partial charge in [0.15, 0.2) is 0 Å². The fourth-order valence-electron chi connectivity index (χ4n) is 1.19. The molecular formula is C11H13NO. The lowest BCUT2D eigenvalue weighted by atomic mass is 9.99. The summed E-state index contributed by atoms with van der Waals surface area (Å²) >= 11 is 0. The lowest BCUT2D eigenvalue weighted by molar-refractivity contribution is 0.414. The third-order valence-corrected chi connectivity index (χ3v) is 2.08. The summed E-state index contributed by atoms with van der Waals surface area (Å²) in [5.41, 5.74) is 1.18. The largest absolute Gasteiger partial charge is 0.497 e. The first kappa shape index (κ1) is 9.60. The van der Waals surface area contributed by atoms with E-state index in [0.29, 0.717) is 12.3 Å². The van der Waals surface area contributed by atoms with E-state index in [1.54, 1.807) is 7.11 Å². The van der Waals surface area contributed by atoms with Crippen LogP contribution in [0, 0.1) is 11.3 Å². The fraction of sp³-hybridized carbons (Fsp3) is 0.364. The van der Waals surface area contributed by atoms with Crippen LogP contribution >= 0.6 is 0 Å². The van der Waals surface area contributed by atoms with E-state index in [1.807, 2.05) is 31.2 Å². The molecule has 1 atom stereocenters. The van der Waals surface area contributed by atoms with Crippen LogP contribution in [-0.4, -0.2) is 7.11 Å². The van der Waals surface area contributed by atoms with Crippen molar-refractivity contribution >= 4 is 0 Å². The number of methoxy groups -OCH3 is 1. The van der Waals surface area contributed by atoms with Gasteiger partial charge in [-0.1, -0.05) is 19.1 Å². The summed E-state index contributed by atoms with van der Waals surface area (Å²) in [6, 6.07) is 10.0. The molecule has 2 heteroatoms. The highest BCUT2D eigenvalue weighted by molar-refractivity contribution is 5.29. The van der Waals surface area contributed by atoms with Crippen LogP contribution in [0.4, 0.5) is 0 Å². The van der Waals surface area contributed by atoms with Crippen LogP contribution in [0.15, 0.2) is 24.3 Å². The van der Waals surface area contributed by atoms with Gasteiger partial charge in [-0.15, -0.1) is 0 Å². The molecule has 1 aromatic carbocycles. The quantitative estimate of drug-likeness (QED) is 0.707. The van der Waals surface area contributed by atoms with Crippen molar-refractivity contribution in [3.63, 3.8) is 0 Å². The molecule has 1 rings (SSSR count). The minimum absolute atomic E-state index is 0.302. The average Bonchev–Trinajstić information content (AvgIpc) is 2.18. The molecule has 1 aromatic rings. The minimum atomic E-state index is 0.302. The van der Waals surface area contributed by atoms with Crippen LogP contribution in [0.1, 0.15) is 24.8 Å². The van der Waals surface area contributed by atoms with E-state index in [2.05, 4.69) is 6.07 Å². The maximum Gasteiger partial charge on any atom is 0.118 e. The van der Waals surface area contributed by atoms with Gasteiger partial charge < -0.3 is 4.74 Å². The first-order valence-electron chi connectivity index (χ1n) is 4.29. The van der Waals surface area contributed by atoms with Gasteiger partial charge in [0.1, 0.15) is 5.75 Å². The fourth-order valence-corrected chi connectivity index (χ4v) is 1.19. The Kier molecular flexibility index (Phi) is 3.33. The third kappa shape index (κ3) is 2.48. The molecule has 1 unspecified atom stereocenters. The van der Waals surface area contributed by atoms with Crippen LogP contribution in [-0.2, 0) is 0 Å². The van der Waals surface area contributed by atoms with Gasteiger partial charge in [-0.2, -0.15) is 5.26 Å². The van der Waals surface area contributed by atoms with E-state index in [0.717, 1.165) is 5.75 Å². The molecule has 0 aliphatic heterocycles. The number of hydrogen-bond acceptors (Lipinski definition) is 2. The number of rotatable bonds is 3. The summed E-state index contributed by atoms with van der Waals surface area (Å²) < 4.78 is 5.04. The first-order chi connectivity index (χ1) is 6.27. The minimum Gasteiger partial charge on any atom is -0.497 e. The Labute approximate surface area is 78.8 Å². The maximum atomic E-state index is 8.52. The molecule has 0 saturated carbocycles. The maximum absolute atomic E-state index is 8.52. The molecule has 68 valence electrons. The van der Waals surface area contributed by atoms with Crippen LogP contribution < -0.4 is 4.74 Å². The van der Waals surface area contributed by atoms with Crippen molar-refractivity contribution in [2.24, 2.45) is 0 Å². The predicted molar refractivity (Wildman–Crippen MR) is 51.6 cm³/mol. The van der Waals surface area contributed by atoms with Gasteiger partial charge in [-0.05, 0) is 23.6 Å². The number of nitriles is 1. The molecule has 0 heterocycles. The van der Waals surface area contributed by atoms with Crippen molar-refractivity contribution in [1.29, 1.82) is 5.26 Å². The monoisotopic (exact) mass is 175 g/mol. The van der Waals surface area contributed by atoms with Gasteiger partial charge in [0, 0.05) is 6.42 Å². The normalized spacial score (nSPS) is 11.8. The zero-order valence-electron chi connectivity index (χ0n) is 7.95. The summed E-state index contributed by atoms with van der Waals surface area (Å²) in [5.74, 6) is 1.16. The Hall–Kier alpha value is -1.49. The van der Waals surface area contributed by atoms with Gasteiger partial charge in [0.2, 0.25) is 0 Å². The van der Waals surface area contributed by atoms with Crippen molar-refractivity contribution < 1.29 is 4.74 Å². The van der Waals surface area contributed by atoms with E-state index in [9.17, 15) is 0 Å². The van der Waals surface area contributed by atoms with Gasteiger partial charge in [0.25, 0.3) is 0 Å². The third-order valence-electron chi connectivity index (χ3n) is 2.08. The van der Waals surface area contributed by atoms with Crippen molar-refractivity contribution in [2.45, 2.75) is 19.3 Å². The van der Waals surface area contributed by atoms with Crippen LogP contribution in [0.5, 0.6) is 5.75 Å². The molecule has 0 aromatic heterocycles. The Balaban J connectivity index is 2.74. The zero-order chi connectivity index (χ0) is 9.68. The molecule has 0 saturated heterocycles. The first-order valence-corrected chi connectivity index (χ1v) is 4.29. The molecule has 0 bridgehead atoms.